The zero-order valence-corrected chi connectivity index (χ0v) is 19.1. The van der Waals surface area contributed by atoms with E-state index in [0.717, 1.165) is 6.42 Å². The summed E-state index contributed by atoms with van der Waals surface area (Å²) < 4.78 is 9.52. The van der Waals surface area contributed by atoms with Crippen molar-refractivity contribution in [2.45, 2.75) is 54.4 Å². The van der Waals surface area contributed by atoms with E-state index >= 15 is 0 Å². The second kappa shape index (κ2) is 8.61. The first kappa shape index (κ1) is 20.1. The van der Waals surface area contributed by atoms with E-state index in [1.165, 1.54) is 15.3 Å². The van der Waals surface area contributed by atoms with E-state index in [1.54, 1.807) is 0 Å². The van der Waals surface area contributed by atoms with Crippen LogP contribution in [0.15, 0.2) is 60.7 Å². The average molecular weight is 482 g/mol. The van der Waals surface area contributed by atoms with Gasteiger partial charge in [0.05, 0.1) is 0 Å². The normalized spacial score (nSPS) is 26.4. The number of aliphatic hydroxyl groups is 1. The Balaban J connectivity index is 1.71. The van der Waals surface area contributed by atoms with Crippen molar-refractivity contribution in [3.63, 3.8) is 0 Å². The molecule has 1 fully saturated rings. The van der Waals surface area contributed by atoms with Crippen LogP contribution < -0.4 is 8.92 Å². The summed E-state index contributed by atoms with van der Waals surface area (Å²) in [5.41, 5.74) is -0.416. The summed E-state index contributed by atoms with van der Waals surface area (Å²) in [4.78, 5) is 0.746. The third kappa shape index (κ3) is 4.81. The van der Waals surface area contributed by atoms with Crippen molar-refractivity contribution in [2.24, 2.45) is 0 Å². The Morgan fingerprint density at radius 2 is 1.58 bits per heavy atom. The van der Waals surface area contributed by atoms with Gasteiger partial charge in [0.25, 0.3) is 0 Å². The third-order valence-electron chi connectivity index (χ3n) is 5.06. The van der Waals surface area contributed by atoms with E-state index < -0.39 is 0 Å². The SMILES string of the molecule is CC1(C)O[C@@](C)([C@H](CO)[Se]c2ccccc2)CC[C@H]1[Se]c1ccccc1. The standard InChI is InChI=1S/C22H28O2Se2/c1-21(2)19(25-17-10-6-4-7-11-17)14-15-22(3,24-21)20(16-23)26-18-12-8-5-9-13-18/h4-13,19-20,23H,14-16H2,1-3H3/t19-,20+,22-/m1/s1. The van der Waals surface area contributed by atoms with Crippen LogP contribution in [0.1, 0.15) is 33.6 Å². The van der Waals surface area contributed by atoms with Gasteiger partial charge < -0.3 is 0 Å². The molecule has 1 heterocycles. The quantitative estimate of drug-likeness (QED) is 0.642. The Morgan fingerprint density at radius 1 is 1.00 bits per heavy atom. The maximum atomic E-state index is 10.1. The fourth-order valence-corrected chi connectivity index (χ4v) is 8.51. The van der Waals surface area contributed by atoms with E-state index in [-0.39, 0.29) is 37.6 Å². The van der Waals surface area contributed by atoms with Crippen LogP contribution in [0.3, 0.4) is 0 Å². The van der Waals surface area contributed by atoms with Gasteiger partial charge in [-0.3, -0.25) is 0 Å². The Labute approximate surface area is 170 Å². The molecule has 1 aliphatic heterocycles. The molecular formula is C22H28O2Se2. The van der Waals surface area contributed by atoms with E-state index in [0.29, 0.717) is 19.8 Å². The molecule has 2 nitrogen and oxygen atoms in total. The molecule has 1 N–H and O–H groups in total. The van der Waals surface area contributed by atoms with Crippen LogP contribution in [-0.4, -0.2) is 52.8 Å². The van der Waals surface area contributed by atoms with E-state index in [9.17, 15) is 5.11 Å². The summed E-state index contributed by atoms with van der Waals surface area (Å²) in [5, 5.41) is 10.1. The maximum absolute atomic E-state index is 10.1. The molecule has 0 bridgehead atoms. The molecule has 3 rings (SSSR count). The second-order valence-corrected chi connectivity index (χ2v) is 12.9. The first-order valence-electron chi connectivity index (χ1n) is 9.17. The molecule has 0 amide bonds. The summed E-state index contributed by atoms with van der Waals surface area (Å²) in [6.45, 7) is 6.88. The number of hydrogen-bond acceptors (Lipinski definition) is 2. The Kier molecular flexibility index (Phi) is 6.67. The van der Waals surface area contributed by atoms with Gasteiger partial charge in [-0.05, 0) is 0 Å². The van der Waals surface area contributed by atoms with Gasteiger partial charge in [0, 0.05) is 0 Å². The van der Waals surface area contributed by atoms with Crippen molar-refractivity contribution >= 4 is 38.8 Å². The van der Waals surface area contributed by atoms with Crippen LogP contribution in [0.25, 0.3) is 0 Å². The van der Waals surface area contributed by atoms with Crippen LogP contribution >= 0.6 is 0 Å². The van der Waals surface area contributed by atoms with Crippen LogP contribution in [0.2, 0.25) is 9.63 Å². The van der Waals surface area contributed by atoms with Gasteiger partial charge in [-0.15, -0.1) is 0 Å². The summed E-state index contributed by atoms with van der Waals surface area (Å²) in [6, 6.07) is 21.4. The van der Waals surface area contributed by atoms with Crippen LogP contribution in [0.5, 0.6) is 0 Å². The van der Waals surface area contributed by atoms with E-state index in [2.05, 4.69) is 75.4 Å². The number of ether oxygens (including phenoxy) is 1. The third-order valence-corrected chi connectivity index (χ3v) is 11.6. The van der Waals surface area contributed by atoms with Crippen molar-refractivity contribution in [3.05, 3.63) is 60.7 Å². The first-order chi connectivity index (χ1) is 12.4. The number of hydrogen-bond donors (Lipinski definition) is 1. The molecule has 1 aliphatic rings. The van der Waals surface area contributed by atoms with Gasteiger partial charge in [0.1, 0.15) is 0 Å². The summed E-state index contributed by atoms with van der Waals surface area (Å²) >= 11 is 0.615. The summed E-state index contributed by atoms with van der Waals surface area (Å²) in [6.07, 6.45) is 2.19. The van der Waals surface area contributed by atoms with Gasteiger partial charge in [-0.2, -0.15) is 0 Å². The van der Waals surface area contributed by atoms with Gasteiger partial charge in [-0.25, -0.2) is 0 Å². The van der Waals surface area contributed by atoms with Crippen molar-refractivity contribution in [3.8, 4) is 0 Å². The van der Waals surface area contributed by atoms with Crippen LogP contribution in [-0.2, 0) is 4.74 Å². The predicted molar refractivity (Wildman–Crippen MR) is 111 cm³/mol. The van der Waals surface area contributed by atoms with Crippen LogP contribution in [0, 0.1) is 0 Å². The van der Waals surface area contributed by atoms with Gasteiger partial charge in [0.2, 0.25) is 0 Å². The fourth-order valence-electron chi connectivity index (χ4n) is 3.59. The number of rotatable bonds is 6. The molecule has 1 saturated heterocycles. The Hall–Kier alpha value is -0.601. The molecule has 4 heteroatoms. The summed E-state index contributed by atoms with van der Waals surface area (Å²) in [7, 11) is 0. The zero-order chi connectivity index (χ0) is 18.6. The average Bonchev–Trinajstić information content (AvgIpc) is 2.63. The molecule has 0 spiro atoms. The Morgan fingerprint density at radius 3 is 2.12 bits per heavy atom. The molecule has 26 heavy (non-hydrogen) atoms. The van der Waals surface area contributed by atoms with E-state index in [4.69, 9.17) is 4.74 Å². The monoisotopic (exact) mass is 484 g/mol. The van der Waals surface area contributed by atoms with Crippen LogP contribution in [0.4, 0.5) is 0 Å². The molecular weight excluding hydrogens is 454 g/mol. The molecule has 2 aromatic rings. The predicted octanol–water partition coefficient (Wildman–Crippen LogP) is 2.96. The van der Waals surface area contributed by atoms with Gasteiger partial charge in [-0.1, -0.05) is 0 Å². The molecule has 0 saturated carbocycles. The molecule has 2 aromatic carbocycles. The summed E-state index contributed by atoms with van der Waals surface area (Å²) in [5.74, 6) is 0. The molecule has 0 unspecified atom stereocenters. The topological polar surface area (TPSA) is 29.5 Å². The molecule has 0 aromatic heterocycles. The fraction of sp³-hybridized carbons (Fsp3) is 0.455. The minimum absolute atomic E-state index is 0.164. The number of aliphatic hydroxyl groups excluding tert-OH is 1. The molecule has 0 aliphatic carbocycles. The molecule has 3 atom stereocenters. The van der Waals surface area contributed by atoms with Gasteiger partial charge in [0.15, 0.2) is 0 Å². The van der Waals surface area contributed by atoms with Crippen molar-refractivity contribution in [1.29, 1.82) is 0 Å². The Bertz CT molecular complexity index is 690. The first-order valence-corrected chi connectivity index (χ1v) is 12.9. The van der Waals surface area contributed by atoms with Crippen molar-refractivity contribution in [2.75, 3.05) is 6.61 Å². The molecule has 140 valence electrons. The van der Waals surface area contributed by atoms with E-state index in [1.807, 2.05) is 6.07 Å². The molecule has 0 radical (unpaired) electrons. The minimum atomic E-state index is -0.253. The second-order valence-electron chi connectivity index (χ2n) is 7.58. The van der Waals surface area contributed by atoms with Gasteiger partial charge >= 0.3 is 170 Å². The zero-order valence-electron chi connectivity index (χ0n) is 15.7. The van der Waals surface area contributed by atoms with Crippen molar-refractivity contribution < 1.29 is 9.84 Å². The number of benzene rings is 2. The van der Waals surface area contributed by atoms with Crippen molar-refractivity contribution in [1.82, 2.24) is 0 Å².